The lowest BCUT2D eigenvalue weighted by Crippen LogP contribution is -2.21. The topological polar surface area (TPSA) is 6.48 Å². The number of benzene rings is 4. The van der Waals surface area contributed by atoms with Crippen LogP contribution < -0.4 is 9.80 Å². The standard InChI is InChI=1S/C27H18F2N2/c28-22-15-11-20(12-16-22)26-27(21-13-17-23(29)18-14-21)31(25-9-5-2-6-10-25)19-30(26)24-7-3-1-4-8-24/h1-18H. The molecule has 0 fully saturated rings. The molecule has 5 rings (SSSR count). The minimum absolute atomic E-state index is 0.301. The molecule has 0 amide bonds. The van der Waals surface area contributed by atoms with E-state index in [4.69, 9.17) is 0 Å². The van der Waals surface area contributed by atoms with Gasteiger partial charge in [0.25, 0.3) is 0 Å². The lowest BCUT2D eigenvalue weighted by Gasteiger charge is -2.22. The van der Waals surface area contributed by atoms with Gasteiger partial charge in [-0.15, -0.1) is 0 Å². The van der Waals surface area contributed by atoms with Gasteiger partial charge >= 0.3 is 0 Å². The lowest BCUT2D eigenvalue weighted by molar-refractivity contribution is 0.627. The van der Waals surface area contributed by atoms with E-state index >= 15 is 0 Å². The number of hydrogen-bond donors (Lipinski definition) is 0. The summed E-state index contributed by atoms with van der Waals surface area (Å²) in [7, 11) is 0. The molecule has 2 radical (unpaired) electrons. The van der Waals surface area contributed by atoms with Crippen LogP contribution in [-0.4, -0.2) is 0 Å². The van der Waals surface area contributed by atoms with Crippen molar-refractivity contribution in [3.63, 3.8) is 0 Å². The average molecular weight is 408 g/mol. The smallest absolute Gasteiger partial charge is 0.218 e. The summed E-state index contributed by atoms with van der Waals surface area (Å²) in [5.74, 6) is -0.602. The van der Waals surface area contributed by atoms with Gasteiger partial charge in [-0.2, -0.15) is 0 Å². The second kappa shape index (κ2) is 8.07. The Balaban J connectivity index is 1.77. The molecule has 0 saturated carbocycles. The van der Waals surface area contributed by atoms with E-state index < -0.39 is 0 Å². The van der Waals surface area contributed by atoms with Gasteiger partial charge in [0.1, 0.15) is 11.6 Å². The van der Waals surface area contributed by atoms with E-state index in [2.05, 4.69) is 6.67 Å². The van der Waals surface area contributed by atoms with Gasteiger partial charge in [0.05, 0.1) is 11.4 Å². The molecule has 0 aliphatic carbocycles. The predicted octanol–water partition coefficient (Wildman–Crippen LogP) is 6.81. The van der Waals surface area contributed by atoms with Crippen LogP contribution in [0.4, 0.5) is 20.2 Å². The maximum Gasteiger partial charge on any atom is 0.218 e. The van der Waals surface area contributed by atoms with Crippen molar-refractivity contribution >= 4 is 22.8 Å². The van der Waals surface area contributed by atoms with Gasteiger partial charge in [-0.1, -0.05) is 36.4 Å². The van der Waals surface area contributed by atoms with E-state index in [-0.39, 0.29) is 11.6 Å². The molecule has 0 spiro atoms. The molecule has 1 aliphatic heterocycles. The number of halogens is 2. The van der Waals surface area contributed by atoms with Crippen LogP contribution in [0.1, 0.15) is 11.1 Å². The Morgan fingerprint density at radius 1 is 0.452 bits per heavy atom. The highest BCUT2D eigenvalue weighted by Crippen LogP contribution is 2.44. The Morgan fingerprint density at radius 3 is 1.16 bits per heavy atom. The van der Waals surface area contributed by atoms with Crippen molar-refractivity contribution in [2.75, 3.05) is 9.80 Å². The first-order valence-corrected chi connectivity index (χ1v) is 9.93. The Hall–Kier alpha value is -3.92. The van der Waals surface area contributed by atoms with Crippen LogP contribution >= 0.6 is 0 Å². The highest BCUT2D eigenvalue weighted by molar-refractivity contribution is 6.07. The van der Waals surface area contributed by atoms with Crippen molar-refractivity contribution in [2.24, 2.45) is 0 Å². The molecule has 1 heterocycles. The van der Waals surface area contributed by atoms with Crippen molar-refractivity contribution in [3.8, 4) is 0 Å². The van der Waals surface area contributed by atoms with Gasteiger partial charge in [-0.3, -0.25) is 0 Å². The van der Waals surface area contributed by atoms with Crippen molar-refractivity contribution in [3.05, 3.63) is 139 Å². The average Bonchev–Trinajstić information content (AvgIpc) is 3.22. The van der Waals surface area contributed by atoms with Gasteiger partial charge in [-0.25, -0.2) is 8.78 Å². The largest absolute Gasteiger partial charge is 0.307 e. The SMILES string of the molecule is Fc1ccc(C2=C(c3ccc(F)cc3)N(c3ccccc3)[C]N2c2ccccc2)cc1. The van der Waals surface area contributed by atoms with E-state index in [1.54, 1.807) is 24.3 Å². The zero-order chi connectivity index (χ0) is 21.2. The molecule has 0 unspecified atom stereocenters. The quantitative estimate of drug-likeness (QED) is 0.366. The second-order valence-electron chi connectivity index (χ2n) is 7.15. The maximum absolute atomic E-state index is 13.7. The molecule has 31 heavy (non-hydrogen) atoms. The fraction of sp³-hybridized carbons (Fsp3) is 0. The van der Waals surface area contributed by atoms with Crippen LogP contribution in [0, 0.1) is 18.3 Å². The highest BCUT2D eigenvalue weighted by Gasteiger charge is 2.34. The van der Waals surface area contributed by atoms with Crippen LogP contribution in [0.3, 0.4) is 0 Å². The molecule has 4 aromatic carbocycles. The molecule has 4 heteroatoms. The molecular formula is C27H18F2N2. The summed E-state index contributed by atoms with van der Waals surface area (Å²) in [6, 6.07) is 32.5. The van der Waals surface area contributed by atoms with Gasteiger partial charge in [0.15, 0.2) is 0 Å². The fourth-order valence-corrected chi connectivity index (χ4v) is 3.69. The summed E-state index contributed by atoms with van der Waals surface area (Å²) in [5.41, 5.74) is 5.16. The first-order valence-electron chi connectivity index (χ1n) is 9.93. The van der Waals surface area contributed by atoms with Crippen LogP contribution in [0.25, 0.3) is 11.4 Å². The van der Waals surface area contributed by atoms with Gasteiger partial charge < -0.3 is 9.80 Å². The molecule has 2 nitrogen and oxygen atoms in total. The third-order valence-electron chi connectivity index (χ3n) is 5.14. The molecule has 0 atom stereocenters. The normalized spacial score (nSPS) is 13.7. The third-order valence-corrected chi connectivity index (χ3v) is 5.14. The summed E-state index contributed by atoms with van der Waals surface area (Å²) in [4.78, 5) is 3.91. The molecule has 1 aliphatic rings. The monoisotopic (exact) mass is 408 g/mol. The van der Waals surface area contributed by atoms with E-state index in [1.807, 2.05) is 70.5 Å². The Morgan fingerprint density at radius 2 is 0.806 bits per heavy atom. The Bertz CT molecular complexity index is 1100. The lowest BCUT2D eigenvalue weighted by atomic mass is 10.0. The zero-order valence-corrected chi connectivity index (χ0v) is 16.5. The van der Waals surface area contributed by atoms with Crippen molar-refractivity contribution in [1.29, 1.82) is 0 Å². The fourth-order valence-electron chi connectivity index (χ4n) is 3.69. The maximum atomic E-state index is 13.7. The molecule has 0 bridgehead atoms. The molecule has 150 valence electrons. The van der Waals surface area contributed by atoms with Crippen LogP contribution in [-0.2, 0) is 0 Å². The van der Waals surface area contributed by atoms with Gasteiger partial charge in [0, 0.05) is 22.5 Å². The Labute approximate surface area is 180 Å². The third kappa shape index (κ3) is 3.68. The first kappa shape index (κ1) is 19.1. The number of hydrogen-bond acceptors (Lipinski definition) is 2. The van der Waals surface area contributed by atoms with Gasteiger partial charge in [0.2, 0.25) is 6.67 Å². The number of anilines is 2. The minimum atomic E-state index is -0.301. The minimum Gasteiger partial charge on any atom is -0.307 e. The Kier molecular flexibility index (Phi) is 4.97. The number of rotatable bonds is 4. The molecule has 0 saturated heterocycles. The van der Waals surface area contributed by atoms with E-state index in [9.17, 15) is 8.78 Å². The van der Waals surface area contributed by atoms with E-state index in [0.717, 1.165) is 33.9 Å². The van der Waals surface area contributed by atoms with Gasteiger partial charge in [-0.05, 0) is 72.8 Å². The first-order chi connectivity index (χ1) is 15.2. The highest BCUT2D eigenvalue weighted by atomic mass is 19.1. The van der Waals surface area contributed by atoms with Crippen molar-refractivity contribution < 1.29 is 8.78 Å². The van der Waals surface area contributed by atoms with Crippen molar-refractivity contribution in [1.82, 2.24) is 0 Å². The number of para-hydroxylation sites is 2. The zero-order valence-electron chi connectivity index (χ0n) is 16.5. The van der Waals surface area contributed by atoms with Crippen LogP contribution in [0.15, 0.2) is 109 Å². The summed E-state index contributed by atoms with van der Waals surface area (Å²) in [5, 5.41) is 0. The summed E-state index contributed by atoms with van der Waals surface area (Å²) < 4.78 is 27.4. The number of nitrogens with zero attached hydrogens (tertiary/aromatic N) is 2. The van der Waals surface area contributed by atoms with E-state index in [1.165, 1.54) is 24.3 Å². The molecular weight excluding hydrogens is 390 g/mol. The summed E-state index contributed by atoms with van der Waals surface area (Å²) in [6.07, 6.45) is 0. The molecule has 0 N–H and O–H groups in total. The second-order valence-corrected chi connectivity index (χ2v) is 7.15. The molecule has 4 aromatic rings. The van der Waals surface area contributed by atoms with Crippen LogP contribution in [0.5, 0.6) is 0 Å². The molecule has 0 aromatic heterocycles. The summed E-state index contributed by atoms with van der Waals surface area (Å²) >= 11 is 0. The van der Waals surface area contributed by atoms with Crippen molar-refractivity contribution in [2.45, 2.75) is 0 Å². The van der Waals surface area contributed by atoms with E-state index in [0.29, 0.717) is 0 Å². The van der Waals surface area contributed by atoms with Crippen LogP contribution in [0.2, 0.25) is 0 Å². The summed E-state index contributed by atoms with van der Waals surface area (Å²) in [6.45, 7) is 3.46. The predicted molar refractivity (Wildman–Crippen MR) is 121 cm³/mol.